The van der Waals surface area contributed by atoms with E-state index >= 15 is 0 Å². The Morgan fingerprint density at radius 1 is 1.30 bits per heavy atom. The molecular formula is C16H27N4O3+. The Hall–Kier alpha value is -2.05. The van der Waals surface area contributed by atoms with Gasteiger partial charge in [0.05, 0.1) is 7.05 Å². The molecule has 0 atom stereocenters. The number of nitrogens with one attached hydrogen (secondary N) is 1. The molecule has 23 heavy (non-hydrogen) atoms. The normalized spacial score (nSPS) is 16.3. The summed E-state index contributed by atoms with van der Waals surface area (Å²) in [6.07, 6.45) is 6.76. The van der Waals surface area contributed by atoms with Crippen LogP contribution in [0.25, 0.3) is 0 Å². The van der Waals surface area contributed by atoms with Crippen molar-refractivity contribution < 1.29 is 18.9 Å². The van der Waals surface area contributed by atoms with E-state index in [0.29, 0.717) is 25.6 Å². The first-order chi connectivity index (χ1) is 10.7. The molecule has 1 fully saturated rings. The summed E-state index contributed by atoms with van der Waals surface area (Å²) in [6, 6.07) is 0.00384. The molecule has 0 unspecified atom stereocenters. The van der Waals surface area contributed by atoms with E-state index in [9.17, 15) is 9.59 Å². The minimum Gasteiger partial charge on any atom is -0.444 e. The summed E-state index contributed by atoms with van der Waals surface area (Å²) in [5.74, 6) is 0.382. The SMILES string of the molecule is C[n+]1ccn(C(=O)N2CCC(CNC(=O)OC(C)(C)C)CC2)c1. The molecule has 7 heteroatoms. The second-order valence-corrected chi connectivity index (χ2v) is 7.08. The number of piperidine rings is 1. The number of aromatic nitrogens is 2. The highest BCUT2D eigenvalue weighted by molar-refractivity contribution is 5.76. The minimum atomic E-state index is -0.479. The summed E-state index contributed by atoms with van der Waals surface area (Å²) >= 11 is 0. The average molecular weight is 323 g/mol. The summed E-state index contributed by atoms with van der Waals surface area (Å²) in [4.78, 5) is 25.8. The smallest absolute Gasteiger partial charge is 0.415 e. The second-order valence-electron chi connectivity index (χ2n) is 7.08. The van der Waals surface area contributed by atoms with Gasteiger partial charge in [0, 0.05) is 19.6 Å². The molecule has 0 aliphatic carbocycles. The van der Waals surface area contributed by atoms with Crippen LogP contribution >= 0.6 is 0 Å². The fraction of sp³-hybridized carbons (Fsp3) is 0.688. The van der Waals surface area contributed by atoms with Crippen molar-refractivity contribution in [2.24, 2.45) is 13.0 Å². The van der Waals surface area contributed by atoms with E-state index in [2.05, 4.69) is 5.32 Å². The van der Waals surface area contributed by atoms with Gasteiger partial charge in [-0.15, -0.1) is 0 Å². The van der Waals surface area contributed by atoms with Crippen LogP contribution in [0.3, 0.4) is 0 Å². The van der Waals surface area contributed by atoms with Crippen molar-refractivity contribution in [2.75, 3.05) is 19.6 Å². The van der Waals surface area contributed by atoms with E-state index in [-0.39, 0.29) is 12.1 Å². The van der Waals surface area contributed by atoms with Gasteiger partial charge in [-0.25, -0.2) is 14.2 Å². The van der Waals surface area contributed by atoms with E-state index in [1.54, 1.807) is 17.1 Å². The van der Waals surface area contributed by atoms with Crippen LogP contribution < -0.4 is 9.88 Å². The molecule has 7 nitrogen and oxygen atoms in total. The number of carbonyl (C=O) groups is 2. The first-order valence-electron chi connectivity index (χ1n) is 8.04. The van der Waals surface area contributed by atoms with Crippen molar-refractivity contribution >= 4 is 12.1 Å². The number of ether oxygens (including phenoxy) is 1. The molecule has 1 aliphatic rings. The lowest BCUT2D eigenvalue weighted by Gasteiger charge is -2.30. The number of hydrogen-bond acceptors (Lipinski definition) is 3. The Morgan fingerprint density at radius 2 is 1.96 bits per heavy atom. The van der Waals surface area contributed by atoms with E-state index in [1.165, 1.54) is 0 Å². The molecule has 128 valence electrons. The zero-order chi connectivity index (χ0) is 17.0. The van der Waals surface area contributed by atoms with Crippen molar-refractivity contribution in [2.45, 2.75) is 39.2 Å². The lowest BCUT2D eigenvalue weighted by molar-refractivity contribution is -0.670. The summed E-state index contributed by atoms with van der Waals surface area (Å²) < 4.78 is 8.67. The third-order valence-electron chi connectivity index (χ3n) is 3.81. The lowest BCUT2D eigenvalue weighted by Crippen LogP contribution is -2.43. The number of nitrogens with zero attached hydrogens (tertiary/aromatic N) is 3. The standard InChI is InChI=1S/C16H26N4O3/c1-16(2,3)23-14(21)17-11-13-5-7-19(8-6-13)15(22)20-10-9-18(4)12-20/h9-10,12-13H,5-8,11H2,1-4H3/p+1. The van der Waals surface area contributed by atoms with Crippen molar-refractivity contribution in [3.8, 4) is 0 Å². The first kappa shape index (κ1) is 17.3. The minimum absolute atomic E-state index is 0.00384. The summed E-state index contributed by atoms with van der Waals surface area (Å²) in [5.41, 5.74) is -0.479. The lowest BCUT2D eigenvalue weighted by atomic mass is 9.97. The van der Waals surface area contributed by atoms with Gasteiger partial charge in [0.25, 0.3) is 6.33 Å². The van der Waals surface area contributed by atoms with Crippen molar-refractivity contribution in [3.63, 3.8) is 0 Å². The average Bonchev–Trinajstić information content (AvgIpc) is 2.90. The van der Waals surface area contributed by atoms with Crippen LogP contribution in [0.15, 0.2) is 18.7 Å². The summed E-state index contributed by atoms with van der Waals surface area (Å²) in [6.45, 7) is 7.55. The molecule has 1 aromatic heterocycles. The second kappa shape index (κ2) is 7.02. The number of rotatable bonds is 2. The van der Waals surface area contributed by atoms with Gasteiger partial charge in [-0.1, -0.05) is 0 Å². The Bertz CT molecular complexity index is 554. The highest BCUT2D eigenvalue weighted by Crippen LogP contribution is 2.17. The molecule has 2 heterocycles. The van der Waals surface area contributed by atoms with Crippen LogP contribution in [-0.4, -0.2) is 46.8 Å². The van der Waals surface area contributed by atoms with Gasteiger partial charge >= 0.3 is 12.1 Å². The van der Waals surface area contributed by atoms with Crippen molar-refractivity contribution in [1.82, 2.24) is 14.8 Å². The predicted octanol–water partition coefficient (Wildman–Crippen LogP) is 1.52. The zero-order valence-electron chi connectivity index (χ0n) is 14.4. The highest BCUT2D eigenvalue weighted by Gasteiger charge is 2.27. The third kappa shape index (κ3) is 5.26. The Labute approximate surface area is 137 Å². The highest BCUT2D eigenvalue weighted by atomic mass is 16.6. The van der Waals surface area contributed by atoms with Gasteiger partial charge in [-0.3, -0.25) is 0 Å². The van der Waals surface area contributed by atoms with E-state index in [1.807, 2.05) is 43.5 Å². The van der Waals surface area contributed by atoms with Crippen LogP contribution in [0.1, 0.15) is 33.6 Å². The topological polar surface area (TPSA) is 67.5 Å². The van der Waals surface area contributed by atoms with Gasteiger partial charge in [-0.2, -0.15) is 4.57 Å². The van der Waals surface area contributed by atoms with Crippen LogP contribution in [0.2, 0.25) is 0 Å². The van der Waals surface area contributed by atoms with Crippen molar-refractivity contribution in [3.05, 3.63) is 18.7 Å². The molecule has 2 amide bonds. The maximum absolute atomic E-state index is 12.3. The third-order valence-corrected chi connectivity index (χ3v) is 3.81. The van der Waals surface area contributed by atoms with E-state index in [0.717, 1.165) is 12.8 Å². The fourth-order valence-corrected chi connectivity index (χ4v) is 2.60. The number of carbonyl (C=O) groups excluding carboxylic acids is 2. The number of likely N-dealkylation sites (tertiary alicyclic amines) is 1. The van der Waals surface area contributed by atoms with Crippen molar-refractivity contribution in [1.29, 1.82) is 0 Å². The molecule has 0 bridgehead atoms. The number of amides is 2. The number of alkyl carbamates (subject to hydrolysis) is 1. The number of hydrogen-bond donors (Lipinski definition) is 1. The van der Waals surface area contributed by atoms with Crippen LogP contribution in [0, 0.1) is 5.92 Å². The Morgan fingerprint density at radius 3 is 2.48 bits per heavy atom. The molecule has 0 aromatic carbocycles. The summed E-state index contributed by atoms with van der Waals surface area (Å²) in [7, 11) is 1.89. The molecule has 1 aromatic rings. The first-order valence-corrected chi connectivity index (χ1v) is 8.04. The van der Waals surface area contributed by atoms with Gasteiger partial charge in [0.1, 0.15) is 18.0 Å². The van der Waals surface area contributed by atoms with Gasteiger partial charge < -0.3 is 15.0 Å². The predicted molar refractivity (Wildman–Crippen MR) is 84.9 cm³/mol. The van der Waals surface area contributed by atoms with Crippen LogP contribution in [-0.2, 0) is 11.8 Å². The maximum atomic E-state index is 12.3. The quantitative estimate of drug-likeness (QED) is 0.839. The molecule has 1 saturated heterocycles. The van der Waals surface area contributed by atoms with Gasteiger partial charge in [-0.05, 0) is 39.5 Å². The molecular weight excluding hydrogens is 296 g/mol. The molecule has 1 N–H and O–H groups in total. The largest absolute Gasteiger partial charge is 0.444 e. The number of imidazole rings is 1. The van der Waals surface area contributed by atoms with Crippen LogP contribution in [0.4, 0.5) is 9.59 Å². The molecule has 2 rings (SSSR count). The molecule has 0 saturated carbocycles. The Balaban J connectivity index is 1.74. The fourth-order valence-electron chi connectivity index (χ4n) is 2.60. The van der Waals surface area contributed by atoms with Gasteiger partial charge in [0.2, 0.25) is 0 Å². The molecule has 0 spiro atoms. The molecule has 0 radical (unpaired) electrons. The Kier molecular flexibility index (Phi) is 5.28. The van der Waals surface area contributed by atoms with E-state index < -0.39 is 5.60 Å². The molecule has 1 aliphatic heterocycles. The van der Waals surface area contributed by atoms with Crippen LogP contribution in [0.5, 0.6) is 0 Å². The monoisotopic (exact) mass is 323 g/mol. The number of aryl methyl sites for hydroxylation is 1. The van der Waals surface area contributed by atoms with Gasteiger partial charge in [0.15, 0.2) is 0 Å². The van der Waals surface area contributed by atoms with E-state index in [4.69, 9.17) is 4.74 Å². The summed E-state index contributed by atoms with van der Waals surface area (Å²) in [5, 5.41) is 2.81. The zero-order valence-corrected chi connectivity index (χ0v) is 14.4. The maximum Gasteiger partial charge on any atom is 0.415 e.